The van der Waals surface area contributed by atoms with Crippen LogP contribution in [-0.2, 0) is 11.3 Å². The van der Waals surface area contributed by atoms with Crippen LogP contribution in [0, 0.1) is 0 Å². The van der Waals surface area contributed by atoms with Gasteiger partial charge in [0.15, 0.2) is 0 Å². The number of rotatable bonds is 7. The molecule has 146 valence electrons. The summed E-state index contributed by atoms with van der Waals surface area (Å²) in [6.07, 6.45) is 1.78. The number of hydrogen-bond donors (Lipinski definition) is 1. The summed E-state index contributed by atoms with van der Waals surface area (Å²) in [5, 5.41) is 9.86. The van der Waals surface area contributed by atoms with E-state index in [1.807, 2.05) is 36.4 Å². The van der Waals surface area contributed by atoms with Crippen molar-refractivity contribution in [2.75, 3.05) is 4.90 Å². The van der Waals surface area contributed by atoms with Gasteiger partial charge in [-0.05, 0) is 59.7 Å². The van der Waals surface area contributed by atoms with Gasteiger partial charge >= 0.3 is 5.97 Å². The fourth-order valence-electron chi connectivity index (χ4n) is 3.72. The average molecular weight is 407 g/mol. The van der Waals surface area contributed by atoms with Crippen LogP contribution in [0.15, 0.2) is 66.7 Å². The molecule has 1 aliphatic rings. The highest BCUT2D eigenvalue weighted by molar-refractivity contribution is 6.30. The zero-order valence-electron chi connectivity index (χ0n) is 15.5. The second-order valence-corrected chi connectivity index (χ2v) is 7.55. The number of amides is 1. The Morgan fingerprint density at radius 2 is 1.83 bits per heavy atom. The number of hydrogen-bond acceptors (Lipinski definition) is 3. The van der Waals surface area contributed by atoms with Crippen LogP contribution in [0.1, 0.15) is 45.6 Å². The summed E-state index contributed by atoms with van der Waals surface area (Å²) in [6.45, 7) is 0.208. The zero-order valence-corrected chi connectivity index (χ0v) is 16.3. The zero-order chi connectivity index (χ0) is 20.4. The number of para-hydroxylation sites is 1. The van der Waals surface area contributed by atoms with Crippen LogP contribution in [0.3, 0.4) is 0 Å². The highest BCUT2D eigenvalue weighted by Crippen LogP contribution is 2.56. The molecule has 1 saturated carbocycles. The third-order valence-electron chi connectivity index (χ3n) is 5.22. The van der Waals surface area contributed by atoms with Crippen molar-refractivity contribution in [2.24, 2.45) is 0 Å². The summed E-state index contributed by atoms with van der Waals surface area (Å²) in [5.74, 6) is -0.364. The van der Waals surface area contributed by atoms with Gasteiger partial charge in [-0.2, -0.15) is 0 Å². The molecule has 2 aromatic carbocycles. The van der Waals surface area contributed by atoms with E-state index in [1.54, 1.807) is 17.0 Å². The van der Waals surface area contributed by atoms with Crippen molar-refractivity contribution in [3.63, 3.8) is 0 Å². The minimum atomic E-state index is -1.09. The SMILES string of the molecule is O=CN(Cc1cccc(C(=O)O)n1)c1ccccc1C1CC1c1ccc(Cl)cc1. The molecule has 4 rings (SSSR count). The summed E-state index contributed by atoms with van der Waals surface area (Å²) in [5.41, 5.74) is 3.66. The summed E-state index contributed by atoms with van der Waals surface area (Å²) >= 11 is 6.00. The van der Waals surface area contributed by atoms with Crippen molar-refractivity contribution in [1.29, 1.82) is 0 Å². The molecule has 0 saturated heterocycles. The van der Waals surface area contributed by atoms with E-state index in [2.05, 4.69) is 17.1 Å². The molecule has 5 nitrogen and oxygen atoms in total. The Morgan fingerprint density at radius 1 is 1.07 bits per heavy atom. The Labute approximate surface area is 173 Å². The molecule has 3 aromatic rings. The predicted molar refractivity (Wildman–Crippen MR) is 111 cm³/mol. The van der Waals surface area contributed by atoms with Gasteiger partial charge in [-0.1, -0.05) is 48.0 Å². The quantitative estimate of drug-likeness (QED) is 0.568. The number of carboxylic acids is 1. The van der Waals surface area contributed by atoms with Crippen molar-refractivity contribution >= 4 is 29.7 Å². The minimum absolute atomic E-state index is 0.0355. The first-order chi connectivity index (χ1) is 14.1. The van der Waals surface area contributed by atoms with E-state index in [9.17, 15) is 9.59 Å². The Morgan fingerprint density at radius 3 is 2.55 bits per heavy atom. The van der Waals surface area contributed by atoms with Gasteiger partial charge in [-0.3, -0.25) is 4.79 Å². The van der Waals surface area contributed by atoms with Crippen molar-refractivity contribution in [3.05, 3.63) is 94.3 Å². The third-order valence-corrected chi connectivity index (χ3v) is 5.47. The Bertz CT molecular complexity index is 1050. The number of halogens is 1. The van der Waals surface area contributed by atoms with Crippen LogP contribution in [0.4, 0.5) is 5.69 Å². The Kier molecular flexibility index (Phi) is 5.32. The summed E-state index contributed by atoms with van der Waals surface area (Å²) < 4.78 is 0. The minimum Gasteiger partial charge on any atom is -0.477 e. The van der Waals surface area contributed by atoms with Gasteiger partial charge in [0.25, 0.3) is 0 Å². The Hall–Kier alpha value is -3.18. The topological polar surface area (TPSA) is 70.5 Å². The molecule has 6 heteroatoms. The smallest absolute Gasteiger partial charge is 0.354 e. The number of carboxylic acid groups (broad SMARTS) is 1. The van der Waals surface area contributed by atoms with Crippen LogP contribution >= 0.6 is 11.6 Å². The molecule has 1 fully saturated rings. The van der Waals surface area contributed by atoms with Gasteiger partial charge in [0.2, 0.25) is 6.41 Å². The molecule has 1 amide bonds. The first-order valence-corrected chi connectivity index (χ1v) is 9.70. The molecule has 0 aliphatic heterocycles. The molecular formula is C23H19ClN2O3. The summed E-state index contributed by atoms with van der Waals surface area (Å²) in [6, 6.07) is 20.5. The summed E-state index contributed by atoms with van der Waals surface area (Å²) in [7, 11) is 0. The predicted octanol–water partition coefficient (Wildman–Crippen LogP) is 4.87. The van der Waals surface area contributed by atoms with Crippen molar-refractivity contribution in [3.8, 4) is 0 Å². The number of carbonyl (C=O) groups is 2. The molecule has 1 aromatic heterocycles. The summed E-state index contributed by atoms with van der Waals surface area (Å²) in [4.78, 5) is 28.8. The highest BCUT2D eigenvalue weighted by Gasteiger charge is 2.41. The number of nitrogens with zero attached hydrogens (tertiary/aromatic N) is 2. The van der Waals surface area contributed by atoms with E-state index in [-0.39, 0.29) is 12.2 Å². The first-order valence-electron chi connectivity index (χ1n) is 9.32. The van der Waals surface area contributed by atoms with Crippen molar-refractivity contribution < 1.29 is 14.7 Å². The van der Waals surface area contributed by atoms with Gasteiger partial charge in [0.1, 0.15) is 5.69 Å². The monoisotopic (exact) mass is 406 g/mol. The molecule has 0 bridgehead atoms. The average Bonchev–Trinajstić information content (AvgIpc) is 3.53. The third kappa shape index (κ3) is 4.15. The molecule has 1 N–H and O–H groups in total. The lowest BCUT2D eigenvalue weighted by atomic mass is 10.0. The van der Waals surface area contributed by atoms with E-state index in [4.69, 9.17) is 16.7 Å². The number of pyridine rings is 1. The second kappa shape index (κ2) is 8.05. The number of carbonyl (C=O) groups excluding carboxylic acids is 1. The molecule has 2 unspecified atom stereocenters. The largest absolute Gasteiger partial charge is 0.477 e. The fraction of sp³-hybridized carbons (Fsp3) is 0.174. The van der Waals surface area contributed by atoms with E-state index >= 15 is 0 Å². The molecule has 1 aliphatic carbocycles. The molecule has 29 heavy (non-hydrogen) atoms. The van der Waals surface area contributed by atoms with Crippen molar-refractivity contribution in [2.45, 2.75) is 24.8 Å². The van der Waals surface area contributed by atoms with Gasteiger partial charge in [-0.25, -0.2) is 9.78 Å². The van der Waals surface area contributed by atoms with E-state index in [1.165, 1.54) is 11.6 Å². The molecule has 0 radical (unpaired) electrons. The first kappa shape index (κ1) is 19.2. The lowest BCUT2D eigenvalue weighted by Gasteiger charge is -2.21. The lowest BCUT2D eigenvalue weighted by molar-refractivity contribution is -0.107. The molecule has 2 atom stereocenters. The highest BCUT2D eigenvalue weighted by atomic mass is 35.5. The maximum absolute atomic E-state index is 11.9. The number of aromatic nitrogens is 1. The van der Waals surface area contributed by atoms with Crippen LogP contribution < -0.4 is 4.90 Å². The fourth-order valence-corrected chi connectivity index (χ4v) is 3.85. The van der Waals surface area contributed by atoms with Gasteiger partial charge in [0, 0.05) is 10.7 Å². The van der Waals surface area contributed by atoms with Gasteiger partial charge < -0.3 is 10.0 Å². The lowest BCUT2D eigenvalue weighted by Crippen LogP contribution is -2.22. The van der Waals surface area contributed by atoms with Crippen LogP contribution in [0.5, 0.6) is 0 Å². The van der Waals surface area contributed by atoms with Gasteiger partial charge in [-0.15, -0.1) is 0 Å². The maximum Gasteiger partial charge on any atom is 0.354 e. The number of benzene rings is 2. The van der Waals surface area contributed by atoms with Crippen molar-refractivity contribution in [1.82, 2.24) is 4.98 Å². The Balaban J connectivity index is 1.58. The maximum atomic E-state index is 11.9. The van der Waals surface area contributed by atoms with Crippen LogP contribution in [-0.4, -0.2) is 22.5 Å². The van der Waals surface area contributed by atoms with Crippen LogP contribution in [0.25, 0.3) is 0 Å². The molecule has 1 heterocycles. The second-order valence-electron chi connectivity index (χ2n) is 7.11. The molecule has 0 spiro atoms. The van der Waals surface area contributed by atoms with Crippen LogP contribution in [0.2, 0.25) is 5.02 Å². The van der Waals surface area contributed by atoms with E-state index in [0.29, 0.717) is 17.5 Å². The number of anilines is 1. The van der Waals surface area contributed by atoms with E-state index < -0.39 is 5.97 Å². The normalized spacial score (nSPS) is 17.6. The van der Waals surface area contributed by atoms with E-state index in [0.717, 1.165) is 29.1 Å². The molecular weight excluding hydrogens is 388 g/mol. The standard InChI is InChI=1S/C23H19ClN2O3/c24-16-10-8-15(9-11-16)19-12-20(19)18-5-1-2-7-22(18)26(14-27)13-17-4-3-6-21(25-17)23(28)29/h1-11,14,19-20H,12-13H2,(H,28,29). The number of aromatic carboxylic acids is 1. The van der Waals surface area contributed by atoms with Gasteiger partial charge in [0.05, 0.1) is 12.2 Å².